The average Bonchev–Trinajstić information content (AvgIpc) is 3.35. The summed E-state index contributed by atoms with van der Waals surface area (Å²) in [4.78, 5) is 23.8. The molecule has 204 valence electrons. The lowest BCUT2D eigenvalue weighted by atomic mass is 9.98. The van der Waals surface area contributed by atoms with Crippen LogP contribution in [-0.2, 0) is 29.9 Å². The number of rotatable bonds is 7. The molecule has 13 heteroatoms. The van der Waals surface area contributed by atoms with Crippen LogP contribution in [-0.4, -0.2) is 52.3 Å². The van der Waals surface area contributed by atoms with Gasteiger partial charge in [-0.15, -0.1) is 24.5 Å². The van der Waals surface area contributed by atoms with Crippen molar-refractivity contribution < 1.29 is 41.2 Å². The molecule has 1 aromatic heterocycles. The van der Waals surface area contributed by atoms with Gasteiger partial charge in [0.25, 0.3) is 5.91 Å². The highest BCUT2D eigenvalue weighted by Gasteiger charge is 2.47. The number of ether oxygens (including phenoxy) is 3. The van der Waals surface area contributed by atoms with E-state index in [-0.39, 0.29) is 18.6 Å². The third kappa shape index (κ3) is 6.01. The van der Waals surface area contributed by atoms with E-state index in [1.807, 2.05) is 0 Å². The molecule has 3 aromatic rings. The van der Waals surface area contributed by atoms with Crippen LogP contribution in [0.5, 0.6) is 5.75 Å². The first-order valence-electron chi connectivity index (χ1n) is 12.1. The number of benzene rings is 2. The average molecular weight is 571 g/mol. The number of hydroxylamine groups is 1. The molecular weight excluding hydrogens is 545 g/mol. The summed E-state index contributed by atoms with van der Waals surface area (Å²) in [6, 6.07) is 10.6. The standard InChI is InChI=1S/C25H25F3N2O6S2/c26-25(27,28)35-17-6-4-16(5-7-17)22-29-19-9-8-18(15-20(19)37-22)38(32)24(10-13-33-14-11-24)23(31)30-36-21-3-1-2-12-34-21/h4-9,15,21H,1-3,10-14H2,(H,30,31). The zero-order valence-electron chi connectivity index (χ0n) is 20.1. The number of nitrogens with one attached hydrogen (secondary N) is 1. The van der Waals surface area contributed by atoms with E-state index in [4.69, 9.17) is 14.3 Å². The van der Waals surface area contributed by atoms with Gasteiger partial charge < -0.3 is 14.2 Å². The van der Waals surface area contributed by atoms with Crippen molar-refractivity contribution in [2.45, 2.75) is 54.4 Å². The molecule has 2 fully saturated rings. The molecule has 0 radical (unpaired) electrons. The lowest BCUT2D eigenvalue weighted by molar-refractivity contribution is -0.274. The largest absolute Gasteiger partial charge is 0.573 e. The SMILES string of the molecule is O=C(NOC1CCCCO1)C1(S(=O)c2ccc3nc(-c4ccc(OC(F)(F)F)cc4)sc3c2)CCOCC1. The van der Waals surface area contributed by atoms with Gasteiger partial charge in [-0.05, 0) is 68.1 Å². The van der Waals surface area contributed by atoms with Crippen LogP contribution in [0.15, 0.2) is 47.4 Å². The molecule has 1 N–H and O–H groups in total. The summed E-state index contributed by atoms with van der Waals surface area (Å²) >= 11 is 1.31. The van der Waals surface area contributed by atoms with Crippen LogP contribution in [0, 0.1) is 0 Å². The molecule has 0 spiro atoms. The summed E-state index contributed by atoms with van der Waals surface area (Å²) in [5.41, 5.74) is 3.75. The van der Waals surface area contributed by atoms with Crippen LogP contribution in [0.4, 0.5) is 13.2 Å². The Morgan fingerprint density at radius 3 is 2.55 bits per heavy atom. The van der Waals surface area contributed by atoms with Crippen molar-refractivity contribution >= 4 is 38.3 Å². The maximum Gasteiger partial charge on any atom is 0.573 e. The highest BCUT2D eigenvalue weighted by molar-refractivity contribution is 7.87. The number of thiazole rings is 1. The number of hydrogen-bond donors (Lipinski definition) is 1. The number of carbonyl (C=O) groups excluding carboxylic acids is 1. The van der Waals surface area contributed by atoms with E-state index < -0.39 is 34.1 Å². The van der Waals surface area contributed by atoms with Gasteiger partial charge in [-0.3, -0.25) is 9.00 Å². The van der Waals surface area contributed by atoms with Gasteiger partial charge in [-0.1, -0.05) is 0 Å². The van der Waals surface area contributed by atoms with Gasteiger partial charge >= 0.3 is 6.36 Å². The summed E-state index contributed by atoms with van der Waals surface area (Å²) in [6.07, 6.45) is -2.22. The lowest BCUT2D eigenvalue weighted by Gasteiger charge is -2.35. The Labute approximate surface area is 222 Å². The molecule has 0 aliphatic carbocycles. The second-order valence-corrected chi connectivity index (χ2v) is 11.8. The minimum atomic E-state index is -4.77. The molecule has 2 atom stereocenters. The zero-order valence-corrected chi connectivity index (χ0v) is 21.8. The first kappa shape index (κ1) is 27.0. The Kier molecular flexibility index (Phi) is 8.00. The van der Waals surface area contributed by atoms with Crippen molar-refractivity contribution in [2.75, 3.05) is 19.8 Å². The maximum atomic E-state index is 13.9. The normalized spacial score (nSPS) is 20.7. The Morgan fingerprint density at radius 1 is 1.11 bits per heavy atom. The lowest BCUT2D eigenvalue weighted by Crippen LogP contribution is -2.54. The van der Waals surface area contributed by atoms with Crippen molar-refractivity contribution in [3.05, 3.63) is 42.5 Å². The second-order valence-electron chi connectivity index (χ2n) is 8.94. The fourth-order valence-electron chi connectivity index (χ4n) is 4.38. The number of amides is 1. The summed E-state index contributed by atoms with van der Waals surface area (Å²) < 4.78 is 65.6. The third-order valence-corrected chi connectivity index (χ3v) is 9.45. The van der Waals surface area contributed by atoms with Crippen molar-refractivity contribution in [2.24, 2.45) is 0 Å². The number of alkyl halides is 3. The molecule has 0 bridgehead atoms. The Balaban J connectivity index is 1.36. The Morgan fingerprint density at radius 2 is 1.87 bits per heavy atom. The van der Waals surface area contributed by atoms with Gasteiger partial charge in [0, 0.05) is 36.7 Å². The summed E-state index contributed by atoms with van der Waals surface area (Å²) in [6.45, 7) is 1.15. The highest BCUT2D eigenvalue weighted by atomic mass is 32.2. The molecular formula is C25H25F3N2O6S2. The van der Waals surface area contributed by atoms with Crippen LogP contribution < -0.4 is 10.2 Å². The third-order valence-electron chi connectivity index (χ3n) is 6.40. The summed E-state index contributed by atoms with van der Waals surface area (Å²) in [7, 11) is -1.73. The number of hydrogen-bond acceptors (Lipinski definition) is 8. The second kappa shape index (κ2) is 11.3. The van der Waals surface area contributed by atoms with E-state index in [1.54, 1.807) is 18.2 Å². The molecule has 2 aromatic carbocycles. The van der Waals surface area contributed by atoms with E-state index in [2.05, 4.69) is 15.2 Å². The monoisotopic (exact) mass is 570 g/mol. The quantitative estimate of drug-likeness (QED) is 0.395. The number of fused-ring (bicyclic) bond motifs is 1. The molecule has 0 saturated carbocycles. The molecule has 5 rings (SSSR count). The Bertz CT molecular complexity index is 1300. The highest BCUT2D eigenvalue weighted by Crippen LogP contribution is 2.36. The minimum absolute atomic E-state index is 0.263. The molecule has 38 heavy (non-hydrogen) atoms. The number of nitrogens with zero attached hydrogens (tertiary/aromatic N) is 1. The van der Waals surface area contributed by atoms with Crippen LogP contribution in [0.25, 0.3) is 20.8 Å². The van der Waals surface area contributed by atoms with E-state index in [9.17, 15) is 22.2 Å². The van der Waals surface area contributed by atoms with Crippen molar-refractivity contribution in [1.82, 2.24) is 10.5 Å². The number of halogens is 3. The van der Waals surface area contributed by atoms with E-state index >= 15 is 0 Å². The van der Waals surface area contributed by atoms with Crippen molar-refractivity contribution in [3.8, 4) is 16.3 Å². The number of carbonyl (C=O) groups is 1. The van der Waals surface area contributed by atoms with Gasteiger partial charge in [0.1, 0.15) is 15.5 Å². The van der Waals surface area contributed by atoms with E-state index in [0.717, 1.165) is 17.5 Å². The van der Waals surface area contributed by atoms with E-state index in [0.29, 0.717) is 47.2 Å². The first-order chi connectivity index (χ1) is 18.2. The topological polar surface area (TPSA) is 96.0 Å². The van der Waals surface area contributed by atoms with Gasteiger partial charge in [-0.2, -0.15) is 0 Å². The van der Waals surface area contributed by atoms with Gasteiger partial charge in [0.05, 0.1) is 21.0 Å². The fraction of sp³-hybridized carbons (Fsp3) is 0.440. The zero-order chi connectivity index (χ0) is 26.8. The molecule has 2 unspecified atom stereocenters. The predicted molar refractivity (Wildman–Crippen MR) is 134 cm³/mol. The predicted octanol–water partition coefficient (Wildman–Crippen LogP) is 5.09. The van der Waals surface area contributed by atoms with Gasteiger partial charge in [0.15, 0.2) is 6.29 Å². The summed E-state index contributed by atoms with van der Waals surface area (Å²) in [5.74, 6) is -0.793. The van der Waals surface area contributed by atoms with Gasteiger partial charge in [0.2, 0.25) is 0 Å². The molecule has 8 nitrogen and oxygen atoms in total. The molecule has 1 amide bonds. The molecule has 2 aliphatic rings. The van der Waals surface area contributed by atoms with Crippen molar-refractivity contribution in [1.29, 1.82) is 0 Å². The van der Waals surface area contributed by atoms with Crippen molar-refractivity contribution in [3.63, 3.8) is 0 Å². The molecule has 2 saturated heterocycles. The van der Waals surface area contributed by atoms with Crippen LogP contribution >= 0.6 is 11.3 Å². The van der Waals surface area contributed by atoms with Gasteiger partial charge in [-0.25, -0.2) is 15.3 Å². The number of aromatic nitrogens is 1. The van der Waals surface area contributed by atoms with Crippen LogP contribution in [0.3, 0.4) is 0 Å². The minimum Gasteiger partial charge on any atom is -0.406 e. The maximum absolute atomic E-state index is 13.9. The van der Waals surface area contributed by atoms with E-state index in [1.165, 1.54) is 35.6 Å². The fourth-order valence-corrected chi connectivity index (χ4v) is 7.08. The molecule has 2 aliphatic heterocycles. The summed E-state index contributed by atoms with van der Waals surface area (Å²) in [5, 5.41) is 0.584. The van der Waals surface area contributed by atoms with Crippen LogP contribution in [0.1, 0.15) is 32.1 Å². The first-order valence-corrected chi connectivity index (χ1v) is 14.0. The van der Waals surface area contributed by atoms with Crippen LogP contribution in [0.2, 0.25) is 0 Å². The smallest absolute Gasteiger partial charge is 0.406 e. The Hall–Kier alpha value is -2.58. The molecule has 3 heterocycles.